The highest BCUT2D eigenvalue weighted by Gasteiger charge is 2.18. The van der Waals surface area contributed by atoms with Crippen LogP contribution in [0.2, 0.25) is 0 Å². The Balaban J connectivity index is 1.64. The van der Waals surface area contributed by atoms with Gasteiger partial charge in [-0.2, -0.15) is 4.99 Å². The van der Waals surface area contributed by atoms with Crippen LogP contribution in [0, 0.1) is 0 Å². The van der Waals surface area contributed by atoms with Crippen molar-refractivity contribution in [3.63, 3.8) is 0 Å². The zero-order valence-electron chi connectivity index (χ0n) is 22.0. The fraction of sp³-hybridized carbons (Fsp3) is 0.259. The molecule has 39 heavy (non-hydrogen) atoms. The molecule has 10 nitrogen and oxygen atoms in total. The molecule has 0 saturated carbocycles. The highest BCUT2D eigenvalue weighted by Crippen LogP contribution is 2.35. The maximum Gasteiger partial charge on any atom is 0.279 e. The van der Waals surface area contributed by atoms with E-state index in [4.69, 9.17) is 18.9 Å². The molecule has 0 radical (unpaired) electrons. The predicted molar refractivity (Wildman–Crippen MR) is 150 cm³/mol. The Kier molecular flexibility index (Phi) is 8.90. The van der Waals surface area contributed by atoms with Gasteiger partial charge in [0.2, 0.25) is 0 Å². The van der Waals surface area contributed by atoms with E-state index in [0.717, 1.165) is 10.2 Å². The molecular formula is C27H29N3O7S2. The van der Waals surface area contributed by atoms with Gasteiger partial charge in [-0.1, -0.05) is 11.3 Å². The van der Waals surface area contributed by atoms with Crippen LogP contribution in [-0.2, 0) is 21.3 Å². The maximum atomic E-state index is 13.1. The fourth-order valence-electron chi connectivity index (χ4n) is 3.85. The lowest BCUT2D eigenvalue weighted by molar-refractivity contribution is 0.0996. The second-order valence-corrected chi connectivity index (χ2v) is 10.8. The lowest BCUT2D eigenvalue weighted by atomic mass is 10.2. The van der Waals surface area contributed by atoms with E-state index in [1.165, 1.54) is 54.8 Å². The lowest BCUT2D eigenvalue weighted by Gasteiger charge is -2.10. The van der Waals surface area contributed by atoms with Gasteiger partial charge in [0.15, 0.2) is 4.80 Å². The summed E-state index contributed by atoms with van der Waals surface area (Å²) in [6, 6.07) is 15.7. The summed E-state index contributed by atoms with van der Waals surface area (Å²) < 4.78 is 52.4. The molecule has 3 aromatic carbocycles. The van der Waals surface area contributed by atoms with Gasteiger partial charge in [-0.05, 0) is 67.6 Å². The first-order valence-electron chi connectivity index (χ1n) is 12.0. The molecule has 0 spiro atoms. The number of thiazole rings is 1. The predicted octanol–water partition coefficient (Wildman–Crippen LogP) is 4.31. The summed E-state index contributed by atoms with van der Waals surface area (Å²) in [5.41, 5.74) is 1.37. The maximum absolute atomic E-state index is 13.1. The third kappa shape index (κ3) is 6.24. The average molecular weight is 572 g/mol. The first-order chi connectivity index (χ1) is 18.8. The van der Waals surface area contributed by atoms with Crippen molar-refractivity contribution in [3.8, 4) is 17.2 Å². The minimum Gasteiger partial charge on any atom is -0.497 e. The van der Waals surface area contributed by atoms with E-state index in [-0.39, 0.29) is 4.90 Å². The van der Waals surface area contributed by atoms with Crippen LogP contribution < -0.4 is 23.7 Å². The van der Waals surface area contributed by atoms with Crippen LogP contribution in [0.5, 0.6) is 17.2 Å². The van der Waals surface area contributed by atoms with Crippen LogP contribution >= 0.6 is 11.3 Å². The molecule has 0 aliphatic rings. The highest BCUT2D eigenvalue weighted by molar-refractivity contribution is 7.92. The van der Waals surface area contributed by atoms with E-state index >= 15 is 0 Å². The minimum absolute atomic E-state index is 0.0886. The molecule has 1 N–H and O–H groups in total. The molecule has 1 aromatic heterocycles. The van der Waals surface area contributed by atoms with Crippen molar-refractivity contribution in [2.45, 2.75) is 18.4 Å². The van der Waals surface area contributed by atoms with E-state index in [9.17, 15) is 13.2 Å². The molecule has 0 atom stereocenters. The molecule has 1 amide bonds. The molecule has 0 aliphatic heterocycles. The van der Waals surface area contributed by atoms with Crippen LogP contribution in [0.15, 0.2) is 70.6 Å². The second kappa shape index (κ2) is 12.3. The van der Waals surface area contributed by atoms with E-state index in [1.54, 1.807) is 26.4 Å². The van der Waals surface area contributed by atoms with Crippen LogP contribution in [0.4, 0.5) is 5.69 Å². The monoisotopic (exact) mass is 571 g/mol. The van der Waals surface area contributed by atoms with Gasteiger partial charge < -0.3 is 23.5 Å². The summed E-state index contributed by atoms with van der Waals surface area (Å²) >= 11 is 1.31. The van der Waals surface area contributed by atoms with Crippen molar-refractivity contribution in [2.75, 3.05) is 39.3 Å². The number of carbonyl (C=O) groups is 1. The van der Waals surface area contributed by atoms with Gasteiger partial charge in [0, 0.05) is 24.4 Å². The zero-order valence-corrected chi connectivity index (χ0v) is 23.6. The van der Waals surface area contributed by atoms with Gasteiger partial charge in [-0.25, -0.2) is 8.42 Å². The van der Waals surface area contributed by atoms with E-state index in [0.29, 0.717) is 53.1 Å². The highest BCUT2D eigenvalue weighted by atomic mass is 32.2. The Labute approximate surface area is 230 Å². The van der Waals surface area contributed by atoms with Gasteiger partial charge in [0.05, 0.1) is 32.8 Å². The largest absolute Gasteiger partial charge is 0.497 e. The fourth-order valence-corrected chi connectivity index (χ4v) is 6.07. The minimum atomic E-state index is -3.82. The number of rotatable bonds is 11. The first kappa shape index (κ1) is 28.1. The number of fused-ring (bicyclic) bond motifs is 1. The Morgan fingerprint density at radius 2 is 1.59 bits per heavy atom. The number of amides is 1. The molecule has 0 unspecified atom stereocenters. The van der Waals surface area contributed by atoms with Gasteiger partial charge in [0.25, 0.3) is 15.9 Å². The second-order valence-electron chi connectivity index (χ2n) is 8.16. The topological polar surface area (TPSA) is 117 Å². The van der Waals surface area contributed by atoms with Crippen LogP contribution in [-0.4, -0.2) is 53.4 Å². The summed E-state index contributed by atoms with van der Waals surface area (Å²) in [7, 11) is 0.853. The Hall–Kier alpha value is -3.87. The molecule has 12 heteroatoms. The summed E-state index contributed by atoms with van der Waals surface area (Å²) in [6.07, 6.45) is 0. The van der Waals surface area contributed by atoms with Gasteiger partial charge >= 0.3 is 0 Å². The molecule has 4 aromatic rings. The lowest BCUT2D eigenvalue weighted by Crippen LogP contribution is -2.20. The Morgan fingerprint density at radius 1 is 0.923 bits per heavy atom. The quantitative estimate of drug-likeness (QED) is 0.267. The zero-order chi connectivity index (χ0) is 28.0. The third-order valence-electron chi connectivity index (χ3n) is 5.81. The molecule has 0 aliphatic carbocycles. The standard InChI is InChI=1S/C27H29N3O7S2/c1-5-37-17-16-30-24-22(35-3)14-15-23(36-4)25(24)38-27(30)28-26(31)18-6-8-19(9-7-18)29-39(32,33)21-12-10-20(34-2)11-13-21/h6-15,29H,5,16-17H2,1-4H3. The summed E-state index contributed by atoms with van der Waals surface area (Å²) in [5.74, 6) is 1.34. The average Bonchev–Trinajstić information content (AvgIpc) is 3.30. The van der Waals surface area contributed by atoms with Crippen molar-refractivity contribution >= 4 is 43.2 Å². The first-order valence-corrected chi connectivity index (χ1v) is 14.3. The third-order valence-corrected chi connectivity index (χ3v) is 8.30. The SMILES string of the molecule is CCOCCn1c(=NC(=O)c2ccc(NS(=O)(=O)c3ccc(OC)cc3)cc2)sc2c(OC)ccc(OC)c21. The Bertz CT molecular complexity index is 1630. The number of hydrogen-bond acceptors (Lipinski definition) is 8. The molecule has 1 heterocycles. The molecule has 0 fully saturated rings. The number of ether oxygens (including phenoxy) is 4. The van der Waals surface area contributed by atoms with Crippen molar-refractivity contribution in [2.24, 2.45) is 4.99 Å². The van der Waals surface area contributed by atoms with E-state index in [2.05, 4.69) is 9.71 Å². The number of aromatic nitrogens is 1. The van der Waals surface area contributed by atoms with Gasteiger partial charge in [0.1, 0.15) is 27.5 Å². The molecule has 0 saturated heterocycles. The molecule has 206 valence electrons. The number of hydrogen-bond donors (Lipinski definition) is 1. The van der Waals surface area contributed by atoms with E-state index in [1.807, 2.05) is 23.6 Å². The van der Waals surface area contributed by atoms with Crippen LogP contribution in [0.25, 0.3) is 10.2 Å². The molecular weight excluding hydrogens is 542 g/mol. The van der Waals surface area contributed by atoms with Crippen LogP contribution in [0.3, 0.4) is 0 Å². The van der Waals surface area contributed by atoms with Crippen molar-refractivity contribution in [1.29, 1.82) is 0 Å². The number of nitrogens with zero attached hydrogens (tertiary/aromatic N) is 2. The Morgan fingerprint density at radius 3 is 2.21 bits per heavy atom. The van der Waals surface area contributed by atoms with Gasteiger partial charge in [-0.15, -0.1) is 0 Å². The number of sulfonamides is 1. The van der Waals surface area contributed by atoms with Gasteiger partial charge in [-0.3, -0.25) is 9.52 Å². The van der Waals surface area contributed by atoms with Crippen molar-refractivity contribution < 1.29 is 32.2 Å². The van der Waals surface area contributed by atoms with E-state index < -0.39 is 15.9 Å². The smallest absolute Gasteiger partial charge is 0.279 e. The number of nitrogens with one attached hydrogen (secondary N) is 1. The van der Waals surface area contributed by atoms with Crippen LogP contribution in [0.1, 0.15) is 17.3 Å². The van der Waals surface area contributed by atoms with Crippen molar-refractivity contribution in [1.82, 2.24) is 4.57 Å². The number of methoxy groups -OCH3 is 3. The summed E-state index contributed by atoms with van der Waals surface area (Å²) in [6.45, 7) is 3.35. The molecule has 0 bridgehead atoms. The summed E-state index contributed by atoms with van der Waals surface area (Å²) in [4.78, 5) is 18.1. The number of benzene rings is 3. The normalized spacial score (nSPS) is 11.9. The number of carbonyl (C=O) groups excluding carboxylic acids is 1. The van der Waals surface area contributed by atoms with Crippen molar-refractivity contribution in [3.05, 3.63) is 71.0 Å². The summed E-state index contributed by atoms with van der Waals surface area (Å²) in [5, 5.41) is 0. The number of anilines is 1. The molecule has 4 rings (SSSR count).